The van der Waals surface area contributed by atoms with Crippen LogP contribution in [0, 0.1) is 6.92 Å². The summed E-state index contributed by atoms with van der Waals surface area (Å²) in [6, 6.07) is 14.4. The van der Waals surface area contributed by atoms with Crippen LogP contribution in [0.15, 0.2) is 58.3 Å². The van der Waals surface area contributed by atoms with Crippen molar-refractivity contribution in [1.82, 2.24) is 0 Å². The minimum atomic E-state index is -3.66. The van der Waals surface area contributed by atoms with Gasteiger partial charge in [-0.25, -0.2) is 0 Å². The molecule has 124 valence electrons. The molecule has 2 aromatic carbocycles. The summed E-state index contributed by atoms with van der Waals surface area (Å²) in [5.41, 5.74) is 1.01. The Hall–Kier alpha value is -1.50. The predicted molar refractivity (Wildman–Crippen MR) is 92.7 cm³/mol. The summed E-state index contributed by atoms with van der Waals surface area (Å²) in [4.78, 5) is 1.32. The lowest BCUT2D eigenvalue weighted by Crippen LogP contribution is -2.08. The molecule has 0 unspecified atom stereocenters. The van der Waals surface area contributed by atoms with Gasteiger partial charge in [-0.1, -0.05) is 17.7 Å². The van der Waals surface area contributed by atoms with Crippen LogP contribution in [0.3, 0.4) is 0 Å². The molecule has 23 heavy (non-hydrogen) atoms. The SMILES string of the molecule is COc1ccc(SCCCOS(=O)(=O)c2ccc(C)cc2)cc1. The molecule has 4 nitrogen and oxygen atoms in total. The fourth-order valence-electron chi connectivity index (χ4n) is 1.86. The molecule has 2 aromatic rings. The Labute approximate surface area is 141 Å². The van der Waals surface area contributed by atoms with Crippen molar-refractivity contribution in [1.29, 1.82) is 0 Å². The molecule has 0 fully saturated rings. The van der Waals surface area contributed by atoms with Crippen molar-refractivity contribution in [2.24, 2.45) is 0 Å². The maximum atomic E-state index is 12.0. The van der Waals surface area contributed by atoms with E-state index in [1.165, 1.54) is 0 Å². The van der Waals surface area contributed by atoms with Gasteiger partial charge in [-0.05, 0) is 49.7 Å². The van der Waals surface area contributed by atoms with Crippen LogP contribution in [0.4, 0.5) is 0 Å². The molecule has 0 radical (unpaired) electrons. The quantitative estimate of drug-likeness (QED) is 0.410. The second-order valence-corrected chi connectivity index (χ2v) is 7.75. The third kappa shape index (κ3) is 5.57. The van der Waals surface area contributed by atoms with Crippen LogP contribution in [-0.2, 0) is 14.3 Å². The third-order valence-corrected chi connectivity index (χ3v) is 5.59. The van der Waals surface area contributed by atoms with Crippen molar-refractivity contribution in [2.75, 3.05) is 19.5 Å². The first-order valence-electron chi connectivity index (χ1n) is 7.24. The molecular weight excluding hydrogens is 332 g/mol. The third-order valence-electron chi connectivity index (χ3n) is 3.16. The number of hydrogen-bond donors (Lipinski definition) is 0. The predicted octanol–water partition coefficient (Wildman–Crippen LogP) is 3.89. The van der Waals surface area contributed by atoms with Crippen LogP contribution >= 0.6 is 11.8 Å². The van der Waals surface area contributed by atoms with Crippen molar-refractivity contribution >= 4 is 21.9 Å². The van der Waals surface area contributed by atoms with Gasteiger partial charge in [-0.2, -0.15) is 8.42 Å². The molecule has 0 aromatic heterocycles. The second-order valence-electron chi connectivity index (χ2n) is 4.97. The molecular formula is C17H20O4S2. The first-order valence-corrected chi connectivity index (χ1v) is 9.63. The van der Waals surface area contributed by atoms with E-state index < -0.39 is 10.1 Å². The molecule has 0 aliphatic heterocycles. The molecule has 0 atom stereocenters. The van der Waals surface area contributed by atoms with E-state index in [0.717, 1.165) is 22.0 Å². The van der Waals surface area contributed by atoms with E-state index in [1.54, 1.807) is 43.1 Å². The highest BCUT2D eigenvalue weighted by Crippen LogP contribution is 2.22. The van der Waals surface area contributed by atoms with Gasteiger partial charge < -0.3 is 4.74 Å². The zero-order chi connectivity index (χ0) is 16.7. The standard InChI is InChI=1S/C17H20O4S2/c1-14-4-10-17(11-5-14)23(18,19)21-12-3-13-22-16-8-6-15(20-2)7-9-16/h4-11H,3,12-13H2,1-2H3. The first-order chi connectivity index (χ1) is 11.0. The Bertz CT molecular complexity index is 707. The number of aryl methyl sites for hydroxylation is 1. The van der Waals surface area contributed by atoms with Gasteiger partial charge in [-0.15, -0.1) is 11.8 Å². The molecule has 6 heteroatoms. The van der Waals surface area contributed by atoms with E-state index in [4.69, 9.17) is 8.92 Å². The lowest BCUT2D eigenvalue weighted by molar-refractivity contribution is 0.319. The normalized spacial score (nSPS) is 11.4. The van der Waals surface area contributed by atoms with Gasteiger partial charge in [0.15, 0.2) is 0 Å². The molecule has 0 spiro atoms. The van der Waals surface area contributed by atoms with E-state index in [9.17, 15) is 8.42 Å². The van der Waals surface area contributed by atoms with Gasteiger partial charge in [0, 0.05) is 10.6 Å². The Morgan fingerprint density at radius 1 is 1.00 bits per heavy atom. The van der Waals surface area contributed by atoms with E-state index >= 15 is 0 Å². The molecule has 0 saturated carbocycles. The monoisotopic (exact) mass is 352 g/mol. The Morgan fingerprint density at radius 3 is 2.26 bits per heavy atom. The summed E-state index contributed by atoms with van der Waals surface area (Å²) in [6.07, 6.45) is 0.655. The average Bonchev–Trinajstić information content (AvgIpc) is 2.55. The molecule has 0 aliphatic carbocycles. The number of methoxy groups -OCH3 is 1. The molecule has 2 rings (SSSR count). The highest BCUT2D eigenvalue weighted by atomic mass is 32.2. The van der Waals surface area contributed by atoms with Gasteiger partial charge in [0.2, 0.25) is 0 Å². The number of rotatable bonds is 8. The van der Waals surface area contributed by atoms with Gasteiger partial charge in [0.1, 0.15) is 5.75 Å². The highest BCUT2D eigenvalue weighted by Gasteiger charge is 2.14. The van der Waals surface area contributed by atoms with E-state index in [-0.39, 0.29) is 11.5 Å². The summed E-state index contributed by atoms with van der Waals surface area (Å²) < 4.78 is 34.2. The molecule has 0 amide bonds. The molecule has 0 heterocycles. The lowest BCUT2D eigenvalue weighted by atomic mass is 10.2. The van der Waals surface area contributed by atoms with Crippen LogP contribution in [-0.4, -0.2) is 27.9 Å². The van der Waals surface area contributed by atoms with Crippen LogP contribution in [0.25, 0.3) is 0 Å². The van der Waals surface area contributed by atoms with E-state index in [1.807, 2.05) is 31.2 Å². The maximum Gasteiger partial charge on any atom is 0.296 e. The lowest BCUT2D eigenvalue weighted by Gasteiger charge is -2.06. The zero-order valence-electron chi connectivity index (χ0n) is 13.2. The molecule has 0 N–H and O–H groups in total. The van der Waals surface area contributed by atoms with E-state index in [2.05, 4.69) is 0 Å². The first kappa shape index (κ1) is 17.8. The smallest absolute Gasteiger partial charge is 0.296 e. The summed E-state index contributed by atoms with van der Waals surface area (Å²) in [5.74, 6) is 1.61. The van der Waals surface area contributed by atoms with Crippen molar-refractivity contribution in [3.05, 3.63) is 54.1 Å². The van der Waals surface area contributed by atoms with Crippen LogP contribution in [0.1, 0.15) is 12.0 Å². The van der Waals surface area contributed by atoms with Gasteiger partial charge in [0.05, 0.1) is 18.6 Å². The Kier molecular flexibility index (Phi) is 6.50. The number of thioether (sulfide) groups is 1. The fourth-order valence-corrected chi connectivity index (χ4v) is 3.63. The Balaban J connectivity index is 1.75. The van der Waals surface area contributed by atoms with Gasteiger partial charge >= 0.3 is 0 Å². The topological polar surface area (TPSA) is 52.6 Å². The van der Waals surface area contributed by atoms with Crippen molar-refractivity contribution in [2.45, 2.75) is 23.1 Å². The zero-order valence-corrected chi connectivity index (χ0v) is 14.8. The number of benzene rings is 2. The Morgan fingerprint density at radius 2 is 1.65 bits per heavy atom. The van der Waals surface area contributed by atoms with Gasteiger partial charge in [0.25, 0.3) is 10.1 Å². The van der Waals surface area contributed by atoms with Crippen LogP contribution in [0.2, 0.25) is 0 Å². The summed E-state index contributed by atoms with van der Waals surface area (Å²) in [6.45, 7) is 2.09. The minimum absolute atomic E-state index is 0.180. The van der Waals surface area contributed by atoms with Gasteiger partial charge in [-0.3, -0.25) is 4.18 Å². The minimum Gasteiger partial charge on any atom is -0.497 e. The summed E-state index contributed by atoms with van der Waals surface area (Å²) in [5, 5.41) is 0. The summed E-state index contributed by atoms with van der Waals surface area (Å²) >= 11 is 1.66. The van der Waals surface area contributed by atoms with Crippen molar-refractivity contribution in [3.63, 3.8) is 0 Å². The number of hydrogen-bond acceptors (Lipinski definition) is 5. The molecule has 0 aliphatic rings. The number of ether oxygens (including phenoxy) is 1. The van der Waals surface area contributed by atoms with Crippen molar-refractivity contribution < 1.29 is 17.3 Å². The van der Waals surface area contributed by atoms with Crippen LogP contribution in [0.5, 0.6) is 5.75 Å². The molecule has 0 bridgehead atoms. The molecule has 0 saturated heterocycles. The highest BCUT2D eigenvalue weighted by molar-refractivity contribution is 7.99. The fraction of sp³-hybridized carbons (Fsp3) is 0.294. The maximum absolute atomic E-state index is 12.0. The van der Waals surface area contributed by atoms with E-state index in [0.29, 0.717) is 6.42 Å². The second kappa shape index (κ2) is 8.38. The average molecular weight is 352 g/mol. The largest absolute Gasteiger partial charge is 0.497 e. The summed E-state index contributed by atoms with van der Waals surface area (Å²) in [7, 11) is -2.02. The van der Waals surface area contributed by atoms with Crippen molar-refractivity contribution in [3.8, 4) is 5.75 Å². The van der Waals surface area contributed by atoms with Crippen LogP contribution < -0.4 is 4.74 Å².